The summed E-state index contributed by atoms with van der Waals surface area (Å²) in [4.78, 5) is 38.4. The van der Waals surface area contributed by atoms with Crippen LogP contribution in [0.1, 0.15) is 5.56 Å². The maximum absolute atomic E-state index is 12.8. The van der Waals surface area contributed by atoms with Gasteiger partial charge in [0.25, 0.3) is 5.91 Å². The van der Waals surface area contributed by atoms with Crippen molar-refractivity contribution in [3.05, 3.63) is 47.2 Å². The summed E-state index contributed by atoms with van der Waals surface area (Å²) in [7, 11) is 1.70. The zero-order valence-electron chi connectivity index (χ0n) is 18.1. The highest BCUT2D eigenvalue weighted by Crippen LogP contribution is 2.41. The van der Waals surface area contributed by atoms with Gasteiger partial charge in [-0.2, -0.15) is 0 Å². The molecular weight excluding hydrogens is 517 g/mol. The number of rotatable bonds is 11. The minimum Gasteiger partial charge on any atom is -0.477 e. The summed E-state index contributed by atoms with van der Waals surface area (Å²) in [6.07, 6.45) is 0. The maximum Gasteiger partial charge on any atom is 0.352 e. The van der Waals surface area contributed by atoms with Crippen molar-refractivity contribution in [1.29, 1.82) is 0 Å². The average Bonchev–Trinajstić information content (AvgIpc) is 3.25. The number of fused-ring (bicyclic) bond motifs is 1. The molecule has 2 amide bonds. The molecule has 1 aromatic carbocycles. The first-order valence-corrected chi connectivity index (χ1v) is 14.5. The van der Waals surface area contributed by atoms with Crippen LogP contribution in [0.3, 0.4) is 0 Å². The second-order valence-corrected chi connectivity index (χ2v) is 11.8. The van der Waals surface area contributed by atoms with Crippen LogP contribution in [0.15, 0.2) is 46.8 Å². The van der Waals surface area contributed by atoms with Crippen LogP contribution >= 0.6 is 47.0 Å². The average molecular weight is 539 g/mol. The van der Waals surface area contributed by atoms with Crippen LogP contribution in [0.5, 0.6) is 0 Å². The SMILES string of the molecule is Cn1nnnc1SCC1=C(C(=O)O)N2C(=O)[C@H](NC(=O)CSCSCc3ccccc3)C2SC1. The number of amides is 2. The van der Waals surface area contributed by atoms with Gasteiger partial charge in [-0.15, -0.1) is 40.4 Å². The first kappa shape index (κ1) is 24.9. The number of nitrogens with zero attached hydrogens (tertiary/aromatic N) is 5. The quantitative estimate of drug-likeness (QED) is 0.187. The lowest BCUT2D eigenvalue weighted by Gasteiger charge is -2.49. The minimum atomic E-state index is -1.15. The summed E-state index contributed by atoms with van der Waals surface area (Å²) < 4.78 is 1.50. The highest BCUT2D eigenvalue weighted by Gasteiger charge is 2.54. The van der Waals surface area contributed by atoms with Crippen LogP contribution in [0.4, 0.5) is 0 Å². The number of benzene rings is 1. The Balaban J connectivity index is 1.26. The molecule has 14 heteroatoms. The molecule has 180 valence electrons. The third-order valence-electron chi connectivity index (χ3n) is 5.03. The molecule has 4 rings (SSSR count). The molecule has 2 aliphatic rings. The Morgan fingerprint density at radius 3 is 2.74 bits per heavy atom. The van der Waals surface area contributed by atoms with Crippen molar-refractivity contribution < 1.29 is 19.5 Å². The van der Waals surface area contributed by atoms with Crippen LogP contribution < -0.4 is 5.32 Å². The normalized spacial score (nSPS) is 19.6. The van der Waals surface area contributed by atoms with E-state index >= 15 is 0 Å². The first-order chi connectivity index (χ1) is 16.5. The molecule has 1 unspecified atom stereocenters. The molecule has 10 nitrogen and oxygen atoms in total. The number of carboxylic acids is 1. The molecule has 0 radical (unpaired) electrons. The summed E-state index contributed by atoms with van der Waals surface area (Å²) >= 11 is 5.99. The molecular formula is C20H22N6O4S4. The minimum absolute atomic E-state index is 0.00596. The van der Waals surface area contributed by atoms with Crippen LogP contribution in [0.2, 0.25) is 0 Å². The molecule has 1 fully saturated rings. The highest BCUT2D eigenvalue weighted by atomic mass is 32.2. The van der Waals surface area contributed by atoms with Gasteiger partial charge in [0.05, 0.1) is 5.75 Å². The lowest BCUT2D eigenvalue weighted by molar-refractivity contribution is -0.150. The second kappa shape index (κ2) is 11.5. The molecule has 34 heavy (non-hydrogen) atoms. The van der Waals surface area contributed by atoms with Gasteiger partial charge in [-0.1, -0.05) is 42.1 Å². The number of carbonyl (C=O) groups excluding carboxylic acids is 2. The van der Waals surface area contributed by atoms with E-state index in [1.165, 1.54) is 50.4 Å². The number of aliphatic carboxylic acids is 1. The fourth-order valence-corrected chi connectivity index (χ4v) is 7.60. The number of hydrogen-bond acceptors (Lipinski definition) is 10. The predicted octanol–water partition coefficient (Wildman–Crippen LogP) is 1.66. The second-order valence-electron chi connectivity index (χ2n) is 7.39. The van der Waals surface area contributed by atoms with E-state index in [-0.39, 0.29) is 17.4 Å². The summed E-state index contributed by atoms with van der Waals surface area (Å²) in [5.74, 6) is 0.163. The standard InChI is InChI=1S/C20H22N6O4S4/c1-25-20(22-23-24-25)34-9-13-8-33-18-15(17(28)26(18)16(13)19(29)30)21-14(27)10-32-11-31-7-12-5-3-2-4-6-12/h2-6,15,18H,7-11H2,1H3,(H,21,27)(H,29,30)/t15-,18?/m0/s1. The number of thioether (sulfide) groups is 4. The summed E-state index contributed by atoms with van der Waals surface area (Å²) in [6, 6.07) is 9.41. The summed E-state index contributed by atoms with van der Waals surface area (Å²) in [5.41, 5.74) is 1.86. The molecule has 3 heterocycles. The topological polar surface area (TPSA) is 130 Å². The lowest BCUT2D eigenvalue weighted by atomic mass is 10.0. The number of aromatic nitrogens is 4. The van der Waals surface area contributed by atoms with Crippen LogP contribution in [-0.2, 0) is 27.2 Å². The molecule has 0 aliphatic carbocycles. The Morgan fingerprint density at radius 2 is 2.03 bits per heavy atom. The Bertz CT molecular complexity index is 1100. The third kappa shape index (κ3) is 5.73. The molecule has 0 saturated carbocycles. The number of carbonyl (C=O) groups is 3. The van der Waals surface area contributed by atoms with E-state index in [0.29, 0.717) is 22.2 Å². The van der Waals surface area contributed by atoms with Gasteiger partial charge >= 0.3 is 5.97 Å². The number of aryl methyl sites for hydroxylation is 1. The van der Waals surface area contributed by atoms with Gasteiger partial charge in [-0.3, -0.25) is 14.5 Å². The smallest absolute Gasteiger partial charge is 0.352 e. The highest BCUT2D eigenvalue weighted by molar-refractivity contribution is 8.15. The Hall–Kier alpha value is -2.16. The predicted molar refractivity (Wildman–Crippen MR) is 134 cm³/mol. The van der Waals surface area contributed by atoms with Crippen LogP contribution in [0, 0.1) is 0 Å². The maximum atomic E-state index is 12.8. The summed E-state index contributed by atoms with van der Waals surface area (Å²) in [5, 5.41) is 24.7. The van der Waals surface area contributed by atoms with Crippen molar-refractivity contribution in [2.75, 3.05) is 22.3 Å². The van der Waals surface area contributed by atoms with E-state index in [9.17, 15) is 19.5 Å². The van der Waals surface area contributed by atoms with E-state index in [4.69, 9.17) is 0 Å². The molecule has 2 N–H and O–H groups in total. The van der Waals surface area contributed by atoms with E-state index in [0.717, 1.165) is 10.8 Å². The number of nitrogens with one attached hydrogen (secondary N) is 1. The first-order valence-electron chi connectivity index (χ1n) is 10.2. The molecule has 0 spiro atoms. The Morgan fingerprint density at radius 1 is 1.24 bits per heavy atom. The van der Waals surface area contributed by atoms with Gasteiger partial charge in [-0.25, -0.2) is 9.48 Å². The van der Waals surface area contributed by atoms with Crippen molar-refractivity contribution >= 4 is 64.8 Å². The van der Waals surface area contributed by atoms with Gasteiger partial charge in [0.2, 0.25) is 11.1 Å². The molecule has 2 atom stereocenters. The summed E-state index contributed by atoms with van der Waals surface area (Å²) in [6.45, 7) is 0. The molecule has 2 aromatic rings. The van der Waals surface area contributed by atoms with Crippen molar-refractivity contribution in [3.63, 3.8) is 0 Å². The largest absolute Gasteiger partial charge is 0.477 e. The number of hydrogen-bond donors (Lipinski definition) is 2. The Kier molecular flexibility index (Phi) is 8.45. The van der Waals surface area contributed by atoms with E-state index in [1.54, 1.807) is 18.8 Å². The Labute approximate surface area is 213 Å². The van der Waals surface area contributed by atoms with Crippen molar-refractivity contribution in [3.8, 4) is 0 Å². The number of β-lactam (4-membered cyclic amide) rings is 1. The van der Waals surface area contributed by atoms with E-state index in [2.05, 4.69) is 33.0 Å². The molecule has 0 bridgehead atoms. The molecule has 1 saturated heterocycles. The van der Waals surface area contributed by atoms with Gasteiger partial charge in [0.15, 0.2) is 0 Å². The van der Waals surface area contributed by atoms with Crippen molar-refractivity contribution in [1.82, 2.24) is 30.4 Å². The number of tetrazole rings is 1. The van der Waals surface area contributed by atoms with Gasteiger partial charge < -0.3 is 10.4 Å². The lowest BCUT2D eigenvalue weighted by Crippen LogP contribution is -2.70. The monoisotopic (exact) mass is 538 g/mol. The molecule has 2 aliphatic heterocycles. The van der Waals surface area contributed by atoms with E-state index in [1.807, 2.05) is 18.2 Å². The third-order valence-corrected chi connectivity index (χ3v) is 9.81. The zero-order valence-corrected chi connectivity index (χ0v) is 21.4. The zero-order chi connectivity index (χ0) is 24.1. The van der Waals surface area contributed by atoms with Crippen molar-refractivity contribution in [2.45, 2.75) is 22.3 Å². The molecule has 1 aromatic heterocycles. The van der Waals surface area contributed by atoms with Crippen LogP contribution in [-0.4, -0.2) is 81.8 Å². The van der Waals surface area contributed by atoms with Gasteiger partial charge in [0.1, 0.15) is 17.1 Å². The van der Waals surface area contributed by atoms with E-state index < -0.39 is 23.3 Å². The fourth-order valence-electron chi connectivity index (χ4n) is 3.43. The van der Waals surface area contributed by atoms with Crippen LogP contribution in [0.25, 0.3) is 0 Å². The number of carboxylic acid groups (broad SMARTS) is 1. The fraction of sp³-hybridized carbons (Fsp3) is 0.400. The van der Waals surface area contributed by atoms with Gasteiger partial charge in [-0.05, 0) is 21.6 Å². The van der Waals surface area contributed by atoms with Gasteiger partial charge in [0, 0.05) is 29.4 Å². The van der Waals surface area contributed by atoms with Crippen molar-refractivity contribution in [2.24, 2.45) is 7.05 Å².